The van der Waals surface area contributed by atoms with Crippen molar-refractivity contribution in [1.82, 2.24) is 9.80 Å². The maximum atomic E-state index is 12.5. The first-order valence-corrected chi connectivity index (χ1v) is 7.93. The topological polar surface area (TPSA) is 42.0 Å². The molecule has 3 fully saturated rings. The molecule has 0 bridgehead atoms. The molecule has 0 unspecified atom stereocenters. The Hall–Kier alpha value is -0.650. The monoisotopic (exact) mass is 282 g/mol. The smallest absolute Gasteiger partial charge is 0.228 e. The summed E-state index contributed by atoms with van der Waals surface area (Å²) in [6.07, 6.45) is 1.10. The Bertz CT molecular complexity index is 357. The predicted octanol–water partition coefficient (Wildman–Crippen LogP) is 0.591. The van der Waals surface area contributed by atoms with Gasteiger partial charge in [-0.3, -0.25) is 9.69 Å². The molecular formula is C15H26N2O3. The van der Waals surface area contributed by atoms with E-state index in [1.807, 2.05) is 6.92 Å². The number of rotatable bonds is 4. The highest BCUT2D eigenvalue weighted by Gasteiger charge is 2.48. The normalized spacial score (nSPS) is 38.2. The summed E-state index contributed by atoms with van der Waals surface area (Å²) in [5.41, 5.74) is 0. The SMILES string of the molecule is CCO[C@@H]1C[C@@H]1C(=O)N1C[C@H](C)[C@@H](N2CCOCC2)C1. The third kappa shape index (κ3) is 2.85. The van der Waals surface area contributed by atoms with Gasteiger partial charge in [-0.2, -0.15) is 0 Å². The minimum Gasteiger partial charge on any atom is -0.379 e. The van der Waals surface area contributed by atoms with Crippen molar-refractivity contribution in [2.75, 3.05) is 46.0 Å². The van der Waals surface area contributed by atoms with Gasteiger partial charge in [-0.1, -0.05) is 6.92 Å². The zero-order valence-electron chi connectivity index (χ0n) is 12.6. The molecule has 3 aliphatic rings. The number of amides is 1. The Kier molecular flexibility index (Phi) is 4.29. The number of likely N-dealkylation sites (tertiary alicyclic amines) is 1. The molecular weight excluding hydrogens is 256 g/mol. The van der Waals surface area contributed by atoms with Gasteiger partial charge in [-0.15, -0.1) is 0 Å². The van der Waals surface area contributed by atoms with Crippen LogP contribution >= 0.6 is 0 Å². The van der Waals surface area contributed by atoms with Gasteiger partial charge in [0.05, 0.1) is 25.2 Å². The van der Waals surface area contributed by atoms with E-state index in [4.69, 9.17) is 9.47 Å². The van der Waals surface area contributed by atoms with Crippen LogP contribution in [0.15, 0.2) is 0 Å². The molecule has 1 amide bonds. The van der Waals surface area contributed by atoms with Crippen molar-refractivity contribution in [1.29, 1.82) is 0 Å². The Morgan fingerprint density at radius 3 is 2.75 bits per heavy atom. The fraction of sp³-hybridized carbons (Fsp3) is 0.933. The van der Waals surface area contributed by atoms with Crippen LogP contribution in [0.5, 0.6) is 0 Å². The van der Waals surface area contributed by atoms with Gasteiger partial charge in [0.1, 0.15) is 0 Å². The lowest BCUT2D eigenvalue weighted by Gasteiger charge is -2.34. The van der Waals surface area contributed by atoms with E-state index in [1.54, 1.807) is 0 Å². The molecule has 0 radical (unpaired) electrons. The molecule has 1 aliphatic carbocycles. The van der Waals surface area contributed by atoms with Crippen molar-refractivity contribution < 1.29 is 14.3 Å². The molecule has 0 aromatic heterocycles. The summed E-state index contributed by atoms with van der Waals surface area (Å²) < 4.78 is 11.0. The Morgan fingerprint density at radius 1 is 1.30 bits per heavy atom. The zero-order valence-corrected chi connectivity index (χ0v) is 12.6. The minimum atomic E-state index is 0.130. The van der Waals surface area contributed by atoms with E-state index in [-0.39, 0.29) is 12.0 Å². The molecule has 1 saturated carbocycles. The highest BCUT2D eigenvalue weighted by molar-refractivity contribution is 5.82. The van der Waals surface area contributed by atoms with Gasteiger partial charge in [-0.25, -0.2) is 0 Å². The quantitative estimate of drug-likeness (QED) is 0.757. The third-order valence-electron chi connectivity index (χ3n) is 4.83. The number of hydrogen-bond donors (Lipinski definition) is 0. The van der Waals surface area contributed by atoms with Crippen molar-refractivity contribution in [3.8, 4) is 0 Å². The van der Waals surface area contributed by atoms with Crippen molar-refractivity contribution in [3.05, 3.63) is 0 Å². The predicted molar refractivity (Wildman–Crippen MR) is 75.4 cm³/mol. The second-order valence-electron chi connectivity index (χ2n) is 6.27. The number of nitrogens with zero attached hydrogens (tertiary/aromatic N) is 2. The average molecular weight is 282 g/mol. The lowest BCUT2D eigenvalue weighted by molar-refractivity contribution is -0.132. The molecule has 114 valence electrons. The van der Waals surface area contributed by atoms with Crippen LogP contribution in [-0.2, 0) is 14.3 Å². The highest BCUT2D eigenvalue weighted by atomic mass is 16.5. The molecule has 0 aromatic carbocycles. The molecule has 2 heterocycles. The van der Waals surface area contributed by atoms with Crippen LogP contribution in [0, 0.1) is 11.8 Å². The fourth-order valence-corrected chi connectivity index (χ4v) is 3.58. The largest absolute Gasteiger partial charge is 0.379 e. The van der Waals surface area contributed by atoms with E-state index in [2.05, 4.69) is 16.7 Å². The summed E-state index contributed by atoms with van der Waals surface area (Å²) in [4.78, 5) is 17.0. The van der Waals surface area contributed by atoms with Gasteiger partial charge < -0.3 is 14.4 Å². The van der Waals surface area contributed by atoms with Crippen LogP contribution in [0.25, 0.3) is 0 Å². The second-order valence-corrected chi connectivity index (χ2v) is 6.27. The first kappa shape index (κ1) is 14.3. The summed E-state index contributed by atoms with van der Waals surface area (Å²) in [6, 6.07) is 0.507. The van der Waals surface area contributed by atoms with E-state index in [9.17, 15) is 4.79 Å². The molecule has 5 heteroatoms. The van der Waals surface area contributed by atoms with Gasteiger partial charge in [0.2, 0.25) is 5.91 Å². The summed E-state index contributed by atoms with van der Waals surface area (Å²) in [6.45, 7) is 10.4. The van der Waals surface area contributed by atoms with E-state index in [0.717, 1.165) is 45.8 Å². The Labute approximate surface area is 121 Å². The highest BCUT2D eigenvalue weighted by Crippen LogP contribution is 2.37. The molecule has 0 N–H and O–H groups in total. The second kappa shape index (κ2) is 6.00. The molecule has 20 heavy (non-hydrogen) atoms. The summed E-state index contributed by atoms with van der Waals surface area (Å²) in [5.74, 6) is 0.998. The van der Waals surface area contributed by atoms with Gasteiger partial charge >= 0.3 is 0 Å². The summed E-state index contributed by atoms with van der Waals surface area (Å²) >= 11 is 0. The van der Waals surface area contributed by atoms with Crippen molar-refractivity contribution in [2.45, 2.75) is 32.4 Å². The van der Waals surface area contributed by atoms with Gasteiger partial charge in [-0.05, 0) is 19.3 Å². The first-order valence-electron chi connectivity index (χ1n) is 7.93. The van der Waals surface area contributed by atoms with Crippen LogP contribution in [0.1, 0.15) is 20.3 Å². The lowest BCUT2D eigenvalue weighted by Crippen LogP contribution is -2.47. The summed E-state index contributed by atoms with van der Waals surface area (Å²) in [7, 11) is 0. The van der Waals surface area contributed by atoms with Crippen LogP contribution in [0.4, 0.5) is 0 Å². The van der Waals surface area contributed by atoms with Crippen LogP contribution in [0.2, 0.25) is 0 Å². The van der Waals surface area contributed by atoms with E-state index in [0.29, 0.717) is 24.5 Å². The zero-order chi connectivity index (χ0) is 14.1. The molecule has 3 rings (SSSR count). The average Bonchev–Trinajstić information content (AvgIpc) is 3.12. The number of carbonyl (C=O) groups is 1. The minimum absolute atomic E-state index is 0.130. The molecule has 0 aromatic rings. The standard InChI is InChI=1S/C15H26N2O3/c1-3-20-14-8-12(14)15(18)17-9-11(2)13(10-17)16-4-6-19-7-5-16/h11-14H,3-10H2,1-2H3/t11-,12-,13-,14+/m0/s1. The number of ether oxygens (including phenoxy) is 2. The maximum Gasteiger partial charge on any atom is 0.228 e. The van der Waals surface area contributed by atoms with Crippen molar-refractivity contribution in [2.24, 2.45) is 11.8 Å². The van der Waals surface area contributed by atoms with Gasteiger partial charge in [0.15, 0.2) is 0 Å². The number of morpholine rings is 1. The van der Waals surface area contributed by atoms with Gasteiger partial charge in [0.25, 0.3) is 0 Å². The number of hydrogen-bond acceptors (Lipinski definition) is 4. The van der Waals surface area contributed by atoms with E-state index < -0.39 is 0 Å². The van der Waals surface area contributed by atoms with E-state index in [1.165, 1.54) is 0 Å². The lowest BCUT2D eigenvalue weighted by atomic mass is 10.0. The van der Waals surface area contributed by atoms with E-state index >= 15 is 0 Å². The van der Waals surface area contributed by atoms with Gasteiger partial charge in [0, 0.05) is 38.8 Å². The Balaban J connectivity index is 1.53. The molecule has 5 nitrogen and oxygen atoms in total. The fourth-order valence-electron chi connectivity index (χ4n) is 3.58. The molecule has 2 saturated heterocycles. The number of carbonyl (C=O) groups excluding carboxylic acids is 1. The Morgan fingerprint density at radius 2 is 2.05 bits per heavy atom. The van der Waals surface area contributed by atoms with Crippen molar-refractivity contribution >= 4 is 5.91 Å². The van der Waals surface area contributed by atoms with Crippen molar-refractivity contribution in [3.63, 3.8) is 0 Å². The van der Waals surface area contributed by atoms with Crippen LogP contribution < -0.4 is 0 Å². The first-order chi connectivity index (χ1) is 9.70. The maximum absolute atomic E-state index is 12.5. The summed E-state index contributed by atoms with van der Waals surface area (Å²) in [5, 5.41) is 0. The van der Waals surface area contributed by atoms with Crippen LogP contribution in [-0.4, -0.2) is 73.9 Å². The molecule has 2 aliphatic heterocycles. The molecule has 4 atom stereocenters. The molecule has 0 spiro atoms. The van der Waals surface area contributed by atoms with Crippen LogP contribution in [0.3, 0.4) is 0 Å². The third-order valence-corrected chi connectivity index (χ3v) is 4.83.